The van der Waals surface area contributed by atoms with Crippen LogP contribution in [0.1, 0.15) is 32.9 Å². The molecule has 0 aliphatic carbocycles. The molecule has 3 rings (SSSR count). The van der Waals surface area contributed by atoms with E-state index in [1.165, 1.54) is 5.56 Å². The lowest BCUT2D eigenvalue weighted by Crippen LogP contribution is -2.13. The lowest BCUT2D eigenvalue weighted by molar-refractivity contribution is 0.102. The molecule has 4 nitrogen and oxygen atoms in total. The maximum Gasteiger partial charge on any atom is 0.255 e. The maximum absolute atomic E-state index is 12.5. The number of carbonyl (C=O) groups is 1. The van der Waals surface area contributed by atoms with Crippen molar-refractivity contribution in [3.8, 4) is 0 Å². The van der Waals surface area contributed by atoms with Crippen molar-refractivity contribution < 1.29 is 9.21 Å². The van der Waals surface area contributed by atoms with E-state index in [2.05, 4.69) is 22.4 Å². The molecule has 2 aromatic carbocycles. The van der Waals surface area contributed by atoms with E-state index in [1.54, 1.807) is 25.1 Å². The Balaban J connectivity index is 1.93. The van der Waals surface area contributed by atoms with Gasteiger partial charge >= 0.3 is 0 Å². The van der Waals surface area contributed by atoms with E-state index in [9.17, 15) is 4.79 Å². The van der Waals surface area contributed by atoms with Crippen LogP contribution in [0.25, 0.3) is 11.1 Å². The zero-order valence-electron chi connectivity index (χ0n) is 13.2. The second-order valence-electron chi connectivity index (χ2n) is 5.64. The molecule has 0 saturated heterocycles. The highest BCUT2D eigenvalue weighted by molar-refractivity contribution is 6.06. The summed E-state index contributed by atoms with van der Waals surface area (Å²) in [6.07, 6.45) is 0. The fourth-order valence-electron chi connectivity index (χ4n) is 2.75. The molecule has 0 aliphatic heterocycles. The minimum absolute atomic E-state index is 0.141. The van der Waals surface area contributed by atoms with Crippen molar-refractivity contribution in [3.05, 3.63) is 58.5 Å². The summed E-state index contributed by atoms with van der Waals surface area (Å²) in [5.74, 6) is 0.454. The van der Waals surface area contributed by atoms with Crippen molar-refractivity contribution in [3.63, 3.8) is 0 Å². The van der Waals surface area contributed by atoms with Crippen molar-refractivity contribution in [1.29, 1.82) is 0 Å². The molecule has 3 aromatic rings. The van der Waals surface area contributed by atoms with E-state index in [0.717, 1.165) is 16.8 Å². The molecule has 0 bridgehead atoms. The molecule has 0 spiro atoms. The van der Waals surface area contributed by atoms with Gasteiger partial charge in [-0.3, -0.25) is 4.79 Å². The highest BCUT2D eigenvalue weighted by atomic mass is 16.3. The van der Waals surface area contributed by atoms with Crippen LogP contribution >= 0.6 is 0 Å². The fraction of sp³-hybridized carbons (Fsp3) is 0.222. The summed E-state index contributed by atoms with van der Waals surface area (Å²) in [6.45, 7) is 7.84. The van der Waals surface area contributed by atoms with E-state index < -0.39 is 0 Å². The minimum atomic E-state index is -0.141. The molecule has 0 atom stereocenters. The zero-order chi connectivity index (χ0) is 15.9. The number of benzene rings is 2. The van der Waals surface area contributed by atoms with Crippen LogP contribution in [-0.4, -0.2) is 10.9 Å². The van der Waals surface area contributed by atoms with Gasteiger partial charge in [-0.05, 0) is 50.1 Å². The molecule has 1 aromatic heterocycles. The Hall–Kier alpha value is -2.62. The average Bonchev–Trinajstić information content (AvgIpc) is 2.81. The standard InChI is InChI=1S/C18H18N2O2/c1-10-7-11(2)17(12(3)8-10)20-18(21)14-5-6-16-15(9-14)19-13(4)22-16/h5-9H,1-4H3,(H,20,21). The van der Waals surface area contributed by atoms with Crippen LogP contribution in [-0.2, 0) is 0 Å². The summed E-state index contributed by atoms with van der Waals surface area (Å²) >= 11 is 0. The second kappa shape index (κ2) is 5.30. The summed E-state index contributed by atoms with van der Waals surface area (Å²) in [7, 11) is 0. The number of nitrogens with zero attached hydrogens (tertiary/aromatic N) is 1. The summed E-state index contributed by atoms with van der Waals surface area (Å²) < 4.78 is 5.43. The summed E-state index contributed by atoms with van der Waals surface area (Å²) in [6, 6.07) is 9.40. The van der Waals surface area contributed by atoms with Crippen LogP contribution in [0.4, 0.5) is 5.69 Å². The molecule has 1 amide bonds. The van der Waals surface area contributed by atoms with Crippen LogP contribution < -0.4 is 5.32 Å². The van der Waals surface area contributed by atoms with Crippen LogP contribution in [0.15, 0.2) is 34.7 Å². The Labute approximate surface area is 129 Å². The number of oxazole rings is 1. The quantitative estimate of drug-likeness (QED) is 0.766. The lowest BCUT2D eigenvalue weighted by atomic mass is 10.0. The number of anilines is 1. The first kappa shape index (κ1) is 14.3. The van der Waals surface area contributed by atoms with Crippen LogP contribution in [0, 0.1) is 27.7 Å². The van der Waals surface area contributed by atoms with Crippen molar-refractivity contribution in [2.24, 2.45) is 0 Å². The first-order chi connectivity index (χ1) is 10.4. The topological polar surface area (TPSA) is 55.1 Å². The number of hydrogen-bond acceptors (Lipinski definition) is 3. The normalized spacial score (nSPS) is 10.9. The third kappa shape index (κ3) is 2.60. The first-order valence-electron chi connectivity index (χ1n) is 7.20. The average molecular weight is 294 g/mol. The number of hydrogen-bond donors (Lipinski definition) is 1. The molecule has 0 unspecified atom stereocenters. The number of rotatable bonds is 2. The molecular weight excluding hydrogens is 276 g/mol. The molecule has 0 fully saturated rings. The number of aromatic nitrogens is 1. The van der Waals surface area contributed by atoms with E-state index in [0.29, 0.717) is 22.6 Å². The Morgan fingerprint density at radius 2 is 1.73 bits per heavy atom. The van der Waals surface area contributed by atoms with Gasteiger partial charge in [-0.15, -0.1) is 0 Å². The van der Waals surface area contributed by atoms with Gasteiger partial charge in [0.05, 0.1) is 0 Å². The summed E-state index contributed by atoms with van der Waals surface area (Å²) in [5.41, 5.74) is 6.13. The number of nitrogens with one attached hydrogen (secondary N) is 1. The minimum Gasteiger partial charge on any atom is -0.441 e. The van der Waals surface area contributed by atoms with Crippen molar-refractivity contribution in [1.82, 2.24) is 4.98 Å². The third-order valence-electron chi connectivity index (χ3n) is 3.67. The highest BCUT2D eigenvalue weighted by Gasteiger charge is 2.12. The van der Waals surface area contributed by atoms with Crippen molar-refractivity contribution in [2.75, 3.05) is 5.32 Å². The van der Waals surface area contributed by atoms with Gasteiger partial charge in [0.1, 0.15) is 5.52 Å². The van der Waals surface area contributed by atoms with E-state index in [4.69, 9.17) is 4.42 Å². The Kier molecular flexibility index (Phi) is 3.45. The Bertz CT molecular complexity index is 855. The van der Waals surface area contributed by atoms with Crippen LogP contribution in [0.5, 0.6) is 0 Å². The van der Waals surface area contributed by atoms with Gasteiger partial charge in [0, 0.05) is 18.2 Å². The lowest BCUT2D eigenvalue weighted by Gasteiger charge is -2.12. The van der Waals surface area contributed by atoms with Gasteiger partial charge in [0.2, 0.25) is 0 Å². The second-order valence-corrected chi connectivity index (χ2v) is 5.64. The zero-order valence-corrected chi connectivity index (χ0v) is 13.2. The SMILES string of the molecule is Cc1cc(C)c(NC(=O)c2ccc3oc(C)nc3c2)c(C)c1. The Morgan fingerprint density at radius 1 is 1.05 bits per heavy atom. The molecule has 4 heteroatoms. The number of carbonyl (C=O) groups excluding carboxylic acids is 1. The number of amides is 1. The van der Waals surface area contributed by atoms with Crippen molar-refractivity contribution in [2.45, 2.75) is 27.7 Å². The van der Waals surface area contributed by atoms with E-state index in [-0.39, 0.29) is 5.91 Å². The highest BCUT2D eigenvalue weighted by Crippen LogP contribution is 2.23. The molecule has 0 aliphatic rings. The fourth-order valence-corrected chi connectivity index (χ4v) is 2.75. The summed E-state index contributed by atoms with van der Waals surface area (Å²) in [4.78, 5) is 16.7. The van der Waals surface area contributed by atoms with E-state index in [1.807, 2.05) is 20.8 Å². The van der Waals surface area contributed by atoms with Gasteiger partial charge in [-0.1, -0.05) is 17.7 Å². The molecule has 0 saturated carbocycles. The monoisotopic (exact) mass is 294 g/mol. The summed E-state index contributed by atoms with van der Waals surface area (Å²) in [5, 5.41) is 3.00. The van der Waals surface area contributed by atoms with Gasteiger partial charge in [-0.25, -0.2) is 4.98 Å². The molecule has 112 valence electrons. The predicted octanol–water partition coefficient (Wildman–Crippen LogP) is 4.31. The van der Waals surface area contributed by atoms with Crippen LogP contribution in [0.3, 0.4) is 0 Å². The van der Waals surface area contributed by atoms with Gasteiger partial charge in [0.15, 0.2) is 11.5 Å². The predicted molar refractivity (Wildman–Crippen MR) is 87.4 cm³/mol. The van der Waals surface area contributed by atoms with Crippen LogP contribution in [0.2, 0.25) is 0 Å². The maximum atomic E-state index is 12.5. The molecule has 1 N–H and O–H groups in total. The van der Waals surface area contributed by atoms with E-state index >= 15 is 0 Å². The molecular formula is C18H18N2O2. The Morgan fingerprint density at radius 3 is 2.41 bits per heavy atom. The molecule has 1 heterocycles. The number of fused-ring (bicyclic) bond motifs is 1. The van der Waals surface area contributed by atoms with Gasteiger partial charge in [0.25, 0.3) is 5.91 Å². The van der Waals surface area contributed by atoms with Gasteiger partial charge < -0.3 is 9.73 Å². The molecule has 0 radical (unpaired) electrons. The number of aryl methyl sites for hydroxylation is 4. The largest absolute Gasteiger partial charge is 0.441 e. The molecule has 22 heavy (non-hydrogen) atoms. The smallest absolute Gasteiger partial charge is 0.255 e. The third-order valence-corrected chi connectivity index (χ3v) is 3.67. The van der Waals surface area contributed by atoms with Crippen molar-refractivity contribution >= 4 is 22.7 Å². The first-order valence-corrected chi connectivity index (χ1v) is 7.20. The van der Waals surface area contributed by atoms with Gasteiger partial charge in [-0.2, -0.15) is 0 Å².